The maximum Gasteiger partial charge on any atom is 0.288 e. The van der Waals surface area contributed by atoms with E-state index in [1.54, 1.807) is 35.6 Å². The summed E-state index contributed by atoms with van der Waals surface area (Å²) in [5.41, 5.74) is 0.774. The van der Waals surface area contributed by atoms with Gasteiger partial charge in [-0.2, -0.15) is 8.78 Å². The van der Waals surface area contributed by atoms with Gasteiger partial charge in [0.25, 0.3) is 5.76 Å². The Morgan fingerprint density at radius 3 is 2.50 bits per heavy atom. The molecule has 0 radical (unpaired) electrons. The van der Waals surface area contributed by atoms with Crippen molar-refractivity contribution in [1.29, 1.82) is 0 Å². The summed E-state index contributed by atoms with van der Waals surface area (Å²) in [6.07, 6.45) is 0. The van der Waals surface area contributed by atoms with Crippen LogP contribution in [0.1, 0.15) is 10.9 Å². The summed E-state index contributed by atoms with van der Waals surface area (Å²) in [5.74, 6) is -2.41. The number of hydrogen-bond acceptors (Lipinski definition) is 3. The van der Waals surface area contributed by atoms with Crippen molar-refractivity contribution >= 4 is 46.1 Å². The van der Waals surface area contributed by atoms with E-state index in [2.05, 4.69) is 36.2 Å². The quantitative estimate of drug-likeness (QED) is 0.502. The molecule has 1 atom stereocenters. The van der Waals surface area contributed by atoms with Crippen LogP contribution in [0.5, 0.6) is 0 Å². The molecule has 1 aromatic carbocycles. The van der Waals surface area contributed by atoms with Crippen molar-refractivity contribution in [2.45, 2.75) is 16.7 Å². The molecular formula is C16H20F2N3S3+. The Hall–Kier alpha value is -1.22. The lowest BCUT2D eigenvalue weighted by molar-refractivity contribution is -0.890. The Labute approximate surface area is 154 Å². The van der Waals surface area contributed by atoms with Crippen molar-refractivity contribution in [3.05, 3.63) is 46.7 Å². The van der Waals surface area contributed by atoms with Crippen LogP contribution in [0, 0.1) is 0 Å². The minimum atomic E-state index is -2.41. The third-order valence-corrected chi connectivity index (χ3v) is 5.34. The van der Waals surface area contributed by atoms with Gasteiger partial charge in [-0.05, 0) is 47.9 Å². The second kappa shape index (κ2) is 9.31. The fourth-order valence-corrected chi connectivity index (χ4v) is 3.82. The van der Waals surface area contributed by atoms with Gasteiger partial charge >= 0.3 is 0 Å². The Morgan fingerprint density at radius 1 is 1.25 bits per heavy atom. The fourth-order valence-electron chi connectivity index (χ4n) is 2.17. The van der Waals surface area contributed by atoms with Crippen LogP contribution >= 0.6 is 35.3 Å². The molecule has 8 heteroatoms. The van der Waals surface area contributed by atoms with Gasteiger partial charge in [-0.3, -0.25) is 0 Å². The zero-order chi connectivity index (χ0) is 17.5. The Balaban J connectivity index is 1.86. The molecule has 0 saturated heterocycles. The molecule has 2 rings (SSSR count). The van der Waals surface area contributed by atoms with Crippen molar-refractivity contribution < 1.29 is 13.7 Å². The molecule has 0 aliphatic heterocycles. The zero-order valence-electron chi connectivity index (χ0n) is 13.4. The molecule has 1 aromatic heterocycles. The van der Waals surface area contributed by atoms with Gasteiger partial charge < -0.3 is 15.5 Å². The SMILES string of the molecule is C[NH+](C)[C@H](CNC(=S)Nc1ccc(SC(F)F)cc1)c1cccs1. The number of thiocarbonyl (C=S) groups is 1. The highest BCUT2D eigenvalue weighted by Gasteiger charge is 2.18. The number of thioether (sulfide) groups is 1. The summed E-state index contributed by atoms with van der Waals surface area (Å²) in [5, 5.41) is 8.90. The van der Waals surface area contributed by atoms with Crippen molar-refractivity contribution in [3.8, 4) is 0 Å². The van der Waals surface area contributed by atoms with Gasteiger partial charge in [0.2, 0.25) is 0 Å². The van der Waals surface area contributed by atoms with Crippen molar-refractivity contribution in [3.63, 3.8) is 0 Å². The largest absolute Gasteiger partial charge is 0.356 e. The van der Waals surface area contributed by atoms with E-state index in [4.69, 9.17) is 12.2 Å². The summed E-state index contributed by atoms with van der Waals surface area (Å²) in [7, 11) is 4.23. The predicted octanol–water partition coefficient (Wildman–Crippen LogP) is 3.24. The molecule has 0 saturated carbocycles. The molecule has 0 amide bonds. The first-order chi connectivity index (χ1) is 11.5. The summed E-state index contributed by atoms with van der Waals surface area (Å²) >= 11 is 7.58. The fraction of sp³-hybridized carbons (Fsp3) is 0.312. The average molecular weight is 389 g/mol. The maximum absolute atomic E-state index is 12.3. The highest BCUT2D eigenvalue weighted by atomic mass is 32.2. The molecule has 130 valence electrons. The summed E-state index contributed by atoms with van der Waals surface area (Å²) in [6, 6.07) is 11.3. The van der Waals surface area contributed by atoms with Gasteiger partial charge in [0, 0.05) is 10.6 Å². The van der Waals surface area contributed by atoms with Gasteiger partial charge in [0.1, 0.15) is 6.04 Å². The van der Waals surface area contributed by atoms with Crippen LogP contribution in [0.3, 0.4) is 0 Å². The highest BCUT2D eigenvalue weighted by Crippen LogP contribution is 2.26. The van der Waals surface area contributed by atoms with Gasteiger partial charge in [-0.1, -0.05) is 17.8 Å². The number of thiophene rings is 1. The van der Waals surface area contributed by atoms with E-state index in [1.807, 2.05) is 6.07 Å². The molecule has 0 aliphatic rings. The van der Waals surface area contributed by atoms with Gasteiger partial charge in [-0.15, -0.1) is 11.3 Å². The molecule has 2 aromatic rings. The number of nitrogens with one attached hydrogen (secondary N) is 3. The number of benzene rings is 1. The van der Waals surface area contributed by atoms with E-state index in [0.717, 1.165) is 5.69 Å². The number of halogens is 2. The van der Waals surface area contributed by atoms with Crippen LogP contribution in [-0.4, -0.2) is 31.5 Å². The van der Waals surface area contributed by atoms with Crippen LogP contribution in [0.4, 0.5) is 14.5 Å². The number of rotatable bonds is 7. The van der Waals surface area contributed by atoms with E-state index in [9.17, 15) is 8.78 Å². The van der Waals surface area contributed by atoms with Crippen LogP contribution in [0.2, 0.25) is 0 Å². The minimum Gasteiger partial charge on any atom is -0.356 e. The lowest BCUT2D eigenvalue weighted by atomic mass is 10.2. The third kappa shape index (κ3) is 6.01. The predicted molar refractivity (Wildman–Crippen MR) is 102 cm³/mol. The van der Waals surface area contributed by atoms with Crippen LogP contribution in [0.25, 0.3) is 0 Å². The summed E-state index contributed by atoms with van der Waals surface area (Å²) in [6.45, 7) is 0.716. The molecule has 0 aliphatic carbocycles. The zero-order valence-corrected chi connectivity index (χ0v) is 15.8. The Kier molecular flexibility index (Phi) is 7.41. The lowest BCUT2D eigenvalue weighted by Gasteiger charge is -2.21. The monoisotopic (exact) mass is 388 g/mol. The van der Waals surface area contributed by atoms with E-state index in [-0.39, 0.29) is 0 Å². The molecule has 3 N–H and O–H groups in total. The van der Waals surface area contributed by atoms with Gasteiger partial charge in [0.15, 0.2) is 5.11 Å². The number of quaternary nitrogens is 1. The van der Waals surface area contributed by atoms with E-state index >= 15 is 0 Å². The van der Waals surface area contributed by atoms with Gasteiger partial charge in [0.05, 0.1) is 25.5 Å². The molecule has 0 unspecified atom stereocenters. The first kappa shape index (κ1) is 19.1. The van der Waals surface area contributed by atoms with E-state index < -0.39 is 5.76 Å². The second-order valence-electron chi connectivity index (χ2n) is 5.38. The average Bonchev–Trinajstić information content (AvgIpc) is 3.02. The molecule has 0 fully saturated rings. The second-order valence-corrected chi connectivity index (χ2v) is 7.83. The topological polar surface area (TPSA) is 28.5 Å². The molecule has 24 heavy (non-hydrogen) atoms. The summed E-state index contributed by atoms with van der Waals surface area (Å²) in [4.78, 5) is 3.16. The molecule has 0 spiro atoms. The standard InChI is InChI=1S/C16H19F2N3S3/c1-21(2)13(14-4-3-9-23-14)10-19-16(22)20-11-5-7-12(8-6-11)24-15(17)18/h3-9,13,15H,10H2,1-2H3,(H2,19,20,22)/p+1/t13-/m1/s1. The Morgan fingerprint density at radius 2 is 1.96 bits per heavy atom. The van der Waals surface area contributed by atoms with Crippen LogP contribution in [-0.2, 0) is 0 Å². The number of anilines is 1. The number of likely N-dealkylation sites (N-methyl/N-ethyl adjacent to an activating group) is 1. The third-order valence-electron chi connectivity index (χ3n) is 3.39. The number of hydrogen-bond donors (Lipinski definition) is 3. The molecule has 3 nitrogen and oxygen atoms in total. The maximum atomic E-state index is 12.3. The van der Waals surface area contributed by atoms with Crippen LogP contribution < -0.4 is 15.5 Å². The van der Waals surface area contributed by atoms with Crippen molar-refractivity contribution in [1.82, 2.24) is 5.32 Å². The molecular weight excluding hydrogens is 368 g/mol. The van der Waals surface area contributed by atoms with E-state index in [1.165, 1.54) is 9.78 Å². The number of alkyl halides is 2. The smallest absolute Gasteiger partial charge is 0.288 e. The van der Waals surface area contributed by atoms with Crippen LogP contribution in [0.15, 0.2) is 46.7 Å². The molecule has 0 bridgehead atoms. The summed E-state index contributed by atoms with van der Waals surface area (Å²) < 4.78 is 24.6. The molecule has 1 heterocycles. The van der Waals surface area contributed by atoms with Crippen molar-refractivity contribution in [2.75, 3.05) is 26.0 Å². The van der Waals surface area contributed by atoms with Crippen molar-refractivity contribution in [2.24, 2.45) is 0 Å². The first-order valence-corrected chi connectivity index (χ1v) is 9.55. The highest BCUT2D eigenvalue weighted by molar-refractivity contribution is 7.99. The van der Waals surface area contributed by atoms with Gasteiger partial charge in [-0.25, -0.2) is 0 Å². The minimum absolute atomic E-state index is 0.314. The van der Waals surface area contributed by atoms with E-state index in [0.29, 0.717) is 34.4 Å². The Bertz CT molecular complexity index is 631. The normalized spacial score (nSPS) is 12.4. The first-order valence-electron chi connectivity index (χ1n) is 7.39. The lowest BCUT2D eigenvalue weighted by Crippen LogP contribution is -3.06.